The van der Waals surface area contributed by atoms with Gasteiger partial charge >= 0.3 is 0 Å². The molecule has 3 nitrogen and oxygen atoms in total. The highest BCUT2D eigenvalue weighted by molar-refractivity contribution is 7.00. The van der Waals surface area contributed by atoms with Gasteiger partial charge in [0.15, 0.2) is 0 Å². The van der Waals surface area contributed by atoms with Crippen LogP contribution < -0.4 is 21.3 Å². The number of hydrogen-bond donors (Lipinski definition) is 0. The molecule has 4 heteroatoms. The third-order valence-electron chi connectivity index (χ3n) is 10.3. The van der Waals surface area contributed by atoms with Gasteiger partial charge in [0.25, 0.3) is 6.71 Å². The molecule has 0 atom stereocenters. The van der Waals surface area contributed by atoms with Crippen LogP contribution in [0.3, 0.4) is 0 Å². The maximum Gasteiger partial charge on any atom is 0.252 e. The topological polar surface area (TPSA) is 13.1 Å². The number of fused-ring (bicyclic) bond motifs is 10. The van der Waals surface area contributed by atoms with Crippen molar-refractivity contribution in [1.82, 2.24) is 9.13 Å². The van der Waals surface area contributed by atoms with Gasteiger partial charge in [-0.1, -0.05) is 109 Å². The van der Waals surface area contributed by atoms with Gasteiger partial charge in [0.2, 0.25) is 0 Å². The van der Waals surface area contributed by atoms with Crippen molar-refractivity contribution in [2.24, 2.45) is 0 Å². The van der Waals surface area contributed by atoms with E-state index in [9.17, 15) is 0 Å². The number of para-hydroxylation sites is 6. The van der Waals surface area contributed by atoms with Crippen LogP contribution in [-0.2, 0) is 0 Å². The minimum absolute atomic E-state index is 0.127. The Balaban J connectivity index is 1.36. The van der Waals surface area contributed by atoms with Gasteiger partial charge in [-0.3, -0.25) is 0 Å². The molecule has 212 valence electrons. The number of benzene rings is 7. The summed E-state index contributed by atoms with van der Waals surface area (Å²) in [6.45, 7) is 0.127. The Morgan fingerprint density at radius 2 is 0.826 bits per heavy atom. The summed E-state index contributed by atoms with van der Waals surface area (Å²) >= 11 is 0. The summed E-state index contributed by atoms with van der Waals surface area (Å²) in [5, 5.41) is 5.21. The quantitative estimate of drug-likeness (QED) is 0.190. The summed E-state index contributed by atoms with van der Waals surface area (Å²) in [7, 11) is 0. The standard InChI is InChI=1S/C42H26BN3/c1-3-13-27(14-4-1)44(28-15-5-2-6-16-28)29-25-38-40-39(26-29)46-37-24-10-8-18-31(37)33-20-12-22-35(42(33)46)43(40)34-21-11-19-32-30-17-7-9-23-36(30)45(38)41(32)34/h1-26H. The van der Waals surface area contributed by atoms with Crippen LogP contribution in [0.4, 0.5) is 17.1 Å². The molecule has 2 aliphatic rings. The molecule has 0 radical (unpaired) electrons. The van der Waals surface area contributed by atoms with Crippen molar-refractivity contribution in [1.29, 1.82) is 0 Å². The van der Waals surface area contributed by atoms with E-state index in [0.29, 0.717) is 0 Å². The van der Waals surface area contributed by atoms with E-state index in [2.05, 4.69) is 172 Å². The highest BCUT2D eigenvalue weighted by Crippen LogP contribution is 2.42. The Labute approximate surface area is 266 Å². The lowest BCUT2D eigenvalue weighted by atomic mass is 9.34. The predicted octanol–water partition coefficient (Wildman–Crippen LogP) is 8.49. The van der Waals surface area contributed by atoms with E-state index in [1.54, 1.807) is 0 Å². The van der Waals surface area contributed by atoms with Crippen molar-refractivity contribution in [2.75, 3.05) is 4.90 Å². The fourth-order valence-corrected chi connectivity index (χ4v) is 8.54. The molecule has 0 saturated heterocycles. The van der Waals surface area contributed by atoms with E-state index < -0.39 is 0 Å². The van der Waals surface area contributed by atoms with Crippen molar-refractivity contribution in [3.63, 3.8) is 0 Å². The molecule has 0 amide bonds. The smallest absolute Gasteiger partial charge is 0.252 e. The van der Waals surface area contributed by atoms with E-state index in [1.165, 1.54) is 71.4 Å². The third kappa shape index (κ3) is 2.99. The predicted molar refractivity (Wildman–Crippen MR) is 194 cm³/mol. The van der Waals surface area contributed by atoms with Crippen LogP contribution in [-0.4, -0.2) is 15.8 Å². The second-order valence-corrected chi connectivity index (χ2v) is 12.5. The van der Waals surface area contributed by atoms with Crippen LogP contribution in [0, 0.1) is 0 Å². The Kier molecular flexibility index (Phi) is 4.66. The van der Waals surface area contributed by atoms with Crippen LogP contribution in [0.15, 0.2) is 158 Å². The highest BCUT2D eigenvalue weighted by atomic mass is 15.2. The highest BCUT2D eigenvalue weighted by Gasteiger charge is 2.41. The van der Waals surface area contributed by atoms with E-state index >= 15 is 0 Å². The van der Waals surface area contributed by atoms with Crippen LogP contribution >= 0.6 is 0 Å². The molecule has 0 bridgehead atoms. The number of aromatic nitrogens is 2. The average Bonchev–Trinajstić information content (AvgIpc) is 3.64. The Morgan fingerprint density at radius 3 is 1.33 bits per heavy atom. The van der Waals surface area contributed by atoms with E-state index in [1.807, 2.05) is 0 Å². The first kappa shape index (κ1) is 24.3. The summed E-state index contributed by atoms with van der Waals surface area (Å²) in [5.74, 6) is 0. The summed E-state index contributed by atoms with van der Waals surface area (Å²) < 4.78 is 5.09. The summed E-state index contributed by atoms with van der Waals surface area (Å²) in [4.78, 5) is 2.40. The Morgan fingerprint density at radius 1 is 0.391 bits per heavy atom. The van der Waals surface area contributed by atoms with Gasteiger partial charge in [-0.05, 0) is 64.9 Å². The molecule has 7 aromatic carbocycles. The van der Waals surface area contributed by atoms with Gasteiger partial charge < -0.3 is 14.0 Å². The molecule has 2 aliphatic heterocycles. The maximum atomic E-state index is 2.55. The molecule has 0 N–H and O–H groups in total. The fraction of sp³-hybridized carbons (Fsp3) is 0. The molecule has 0 spiro atoms. The first-order chi connectivity index (χ1) is 22.9. The van der Waals surface area contributed by atoms with Gasteiger partial charge in [0.05, 0.1) is 16.7 Å². The monoisotopic (exact) mass is 583 g/mol. The minimum atomic E-state index is 0.127. The SMILES string of the molecule is c1ccc(N(c2ccccc2)c2cc3c4c(c2)-n2c5ccccc5c5cccc(c52)B4c2cccc4c5ccccc5n-3c24)cc1. The molecule has 9 aromatic rings. The second kappa shape index (κ2) is 8.80. The lowest BCUT2D eigenvalue weighted by Gasteiger charge is -2.35. The summed E-state index contributed by atoms with van der Waals surface area (Å²) in [6, 6.07) is 58.0. The van der Waals surface area contributed by atoms with Crippen molar-refractivity contribution in [3.05, 3.63) is 158 Å². The molecule has 46 heavy (non-hydrogen) atoms. The van der Waals surface area contributed by atoms with Crippen LogP contribution in [0.5, 0.6) is 0 Å². The van der Waals surface area contributed by atoms with Crippen LogP contribution in [0.2, 0.25) is 0 Å². The second-order valence-electron chi connectivity index (χ2n) is 12.5. The molecule has 0 fully saturated rings. The number of nitrogens with zero attached hydrogens (tertiary/aromatic N) is 3. The zero-order valence-electron chi connectivity index (χ0n) is 24.9. The van der Waals surface area contributed by atoms with Crippen molar-refractivity contribution in [3.8, 4) is 11.4 Å². The maximum absolute atomic E-state index is 2.55. The molecule has 0 unspecified atom stereocenters. The largest absolute Gasteiger partial charge is 0.310 e. The van der Waals surface area contributed by atoms with Gasteiger partial charge in [-0.15, -0.1) is 0 Å². The fourth-order valence-electron chi connectivity index (χ4n) is 8.54. The Hall–Kier alpha value is -6.00. The first-order valence-corrected chi connectivity index (χ1v) is 16.0. The van der Waals surface area contributed by atoms with Gasteiger partial charge in [0.1, 0.15) is 0 Å². The molecule has 11 rings (SSSR count). The zero-order chi connectivity index (χ0) is 29.9. The lowest BCUT2D eigenvalue weighted by molar-refractivity contribution is 1.13. The number of rotatable bonds is 3. The number of anilines is 3. The van der Waals surface area contributed by atoms with Crippen molar-refractivity contribution < 1.29 is 0 Å². The van der Waals surface area contributed by atoms with Crippen LogP contribution in [0.1, 0.15) is 0 Å². The number of hydrogen-bond acceptors (Lipinski definition) is 1. The molecule has 0 aliphatic carbocycles. The molecule has 4 heterocycles. The third-order valence-corrected chi connectivity index (χ3v) is 10.3. The van der Waals surface area contributed by atoms with Gasteiger partial charge in [-0.25, -0.2) is 0 Å². The first-order valence-electron chi connectivity index (χ1n) is 16.0. The van der Waals surface area contributed by atoms with Crippen molar-refractivity contribution in [2.45, 2.75) is 0 Å². The van der Waals surface area contributed by atoms with Gasteiger partial charge in [-0.2, -0.15) is 0 Å². The van der Waals surface area contributed by atoms with E-state index in [4.69, 9.17) is 0 Å². The normalized spacial score (nSPS) is 12.7. The molecule has 0 saturated carbocycles. The molecule has 2 aromatic heterocycles. The zero-order valence-corrected chi connectivity index (χ0v) is 24.9. The van der Waals surface area contributed by atoms with Gasteiger partial charge in [0, 0.05) is 55.3 Å². The van der Waals surface area contributed by atoms with Crippen molar-refractivity contribution >= 4 is 83.8 Å². The summed E-state index contributed by atoms with van der Waals surface area (Å²) in [5.41, 5.74) is 15.2. The molecular weight excluding hydrogens is 557 g/mol. The van der Waals surface area contributed by atoms with Crippen LogP contribution in [0.25, 0.3) is 55.0 Å². The Bertz CT molecular complexity index is 2520. The summed E-state index contributed by atoms with van der Waals surface area (Å²) in [6.07, 6.45) is 0. The lowest BCUT2D eigenvalue weighted by Crippen LogP contribution is -2.59. The van der Waals surface area contributed by atoms with E-state index in [-0.39, 0.29) is 6.71 Å². The average molecular weight is 584 g/mol. The van der Waals surface area contributed by atoms with E-state index in [0.717, 1.165) is 17.1 Å². The molecular formula is C42H26BN3. The minimum Gasteiger partial charge on any atom is -0.310 e.